The summed E-state index contributed by atoms with van der Waals surface area (Å²) in [4.78, 5) is 16.5. The lowest BCUT2D eigenvalue weighted by atomic mass is 10.2. The predicted octanol–water partition coefficient (Wildman–Crippen LogP) is 1.69. The fraction of sp³-hybridized carbons (Fsp3) is 0.316. The molecule has 0 atom stereocenters. The van der Waals surface area contributed by atoms with Crippen LogP contribution in [0.2, 0.25) is 0 Å². The molecular weight excluding hydrogens is 369 g/mol. The number of nitrogens with one attached hydrogen (secondary N) is 1. The highest BCUT2D eigenvalue weighted by atomic mass is 32.2. The molecule has 1 aliphatic heterocycles. The van der Waals surface area contributed by atoms with Crippen LogP contribution in [-0.2, 0) is 16.6 Å². The average molecular weight is 391 g/mol. The van der Waals surface area contributed by atoms with E-state index < -0.39 is 15.8 Å². The molecule has 2 aromatic rings. The minimum Gasteiger partial charge on any atom is -0.336 e. The van der Waals surface area contributed by atoms with E-state index in [0.29, 0.717) is 18.7 Å². The molecule has 3 rings (SSSR count). The maximum Gasteiger partial charge on any atom is 0.253 e. The zero-order valence-electron chi connectivity index (χ0n) is 15.1. The van der Waals surface area contributed by atoms with E-state index >= 15 is 0 Å². The molecule has 27 heavy (non-hydrogen) atoms. The molecule has 0 spiro atoms. The minimum absolute atomic E-state index is 0.0359. The van der Waals surface area contributed by atoms with Crippen molar-refractivity contribution < 1.29 is 17.6 Å². The Balaban J connectivity index is 1.67. The van der Waals surface area contributed by atoms with Gasteiger partial charge < -0.3 is 9.80 Å². The van der Waals surface area contributed by atoms with Gasteiger partial charge in [0.15, 0.2) is 0 Å². The monoisotopic (exact) mass is 391 g/mol. The van der Waals surface area contributed by atoms with Gasteiger partial charge in [0.2, 0.25) is 10.0 Å². The number of carbonyl (C=O) groups is 1. The van der Waals surface area contributed by atoms with Crippen LogP contribution >= 0.6 is 0 Å². The molecule has 1 fully saturated rings. The van der Waals surface area contributed by atoms with E-state index in [0.717, 1.165) is 13.1 Å². The van der Waals surface area contributed by atoms with Crippen molar-refractivity contribution in [1.82, 2.24) is 14.5 Å². The van der Waals surface area contributed by atoms with Gasteiger partial charge in [-0.15, -0.1) is 0 Å². The maximum absolute atomic E-state index is 13.6. The van der Waals surface area contributed by atoms with E-state index in [4.69, 9.17) is 0 Å². The fourth-order valence-corrected chi connectivity index (χ4v) is 3.87. The summed E-state index contributed by atoms with van der Waals surface area (Å²) in [5, 5.41) is 0. The first-order valence-electron chi connectivity index (χ1n) is 8.68. The Bertz CT molecular complexity index is 908. The van der Waals surface area contributed by atoms with Gasteiger partial charge in [-0.2, -0.15) is 0 Å². The van der Waals surface area contributed by atoms with Gasteiger partial charge in [-0.25, -0.2) is 17.5 Å². The third-order valence-electron chi connectivity index (χ3n) is 4.61. The molecule has 1 heterocycles. The van der Waals surface area contributed by atoms with Gasteiger partial charge in [-0.3, -0.25) is 4.79 Å². The summed E-state index contributed by atoms with van der Waals surface area (Å²) >= 11 is 0. The second-order valence-corrected chi connectivity index (χ2v) is 8.30. The predicted molar refractivity (Wildman–Crippen MR) is 100 cm³/mol. The SMILES string of the molecule is CN1CCN(C(=O)c2ccc(S(=O)(=O)NCc3ccccc3F)cc2)CC1. The third-order valence-corrected chi connectivity index (χ3v) is 6.03. The van der Waals surface area contributed by atoms with E-state index in [-0.39, 0.29) is 22.9 Å². The summed E-state index contributed by atoms with van der Waals surface area (Å²) < 4.78 is 40.8. The van der Waals surface area contributed by atoms with Crippen LogP contribution < -0.4 is 4.72 Å². The summed E-state index contributed by atoms with van der Waals surface area (Å²) in [7, 11) is -1.79. The fourth-order valence-electron chi connectivity index (χ4n) is 2.87. The van der Waals surface area contributed by atoms with E-state index in [2.05, 4.69) is 9.62 Å². The zero-order valence-corrected chi connectivity index (χ0v) is 15.9. The average Bonchev–Trinajstić information content (AvgIpc) is 2.67. The van der Waals surface area contributed by atoms with Crippen molar-refractivity contribution >= 4 is 15.9 Å². The molecule has 0 aromatic heterocycles. The Morgan fingerprint density at radius 1 is 1.04 bits per heavy atom. The first kappa shape index (κ1) is 19.5. The number of amides is 1. The summed E-state index contributed by atoms with van der Waals surface area (Å²) in [5.74, 6) is -0.570. The van der Waals surface area contributed by atoms with Gasteiger partial charge in [-0.05, 0) is 37.4 Å². The van der Waals surface area contributed by atoms with Crippen molar-refractivity contribution in [3.05, 3.63) is 65.5 Å². The van der Waals surface area contributed by atoms with Crippen molar-refractivity contribution in [2.24, 2.45) is 0 Å². The van der Waals surface area contributed by atoms with Crippen LogP contribution in [0, 0.1) is 5.82 Å². The van der Waals surface area contributed by atoms with Crippen LogP contribution in [0.25, 0.3) is 0 Å². The number of hydrogen-bond donors (Lipinski definition) is 1. The van der Waals surface area contributed by atoms with E-state index in [9.17, 15) is 17.6 Å². The van der Waals surface area contributed by atoms with Gasteiger partial charge in [0.05, 0.1) is 4.90 Å². The molecule has 0 unspecified atom stereocenters. The number of halogens is 1. The van der Waals surface area contributed by atoms with Gasteiger partial charge in [0, 0.05) is 43.9 Å². The lowest BCUT2D eigenvalue weighted by Gasteiger charge is -2.32. The van der Waals surface area contributed by atoms with Gasteiger partial charge >= 0.3 is 0 Å². The largest absolute Gasteiger partial charge is 0.336 e. The van der Waals surface area contributed by atoms with Crippen LogP contribution in [0.1, 0.15) is 15.9 Å². The van der Waals surface area contributed by atoms with Gasteiger partial charge in [0.1, 0.15) is 5.82 Å². The topological polar surface area (TPSA) is 69.7 Å². The van der Waals surface area contributed by atoms with Crippen molar-refractivity contribution in [1.29, 1.82) is 0 Å². The first-order chi connectivity index (χ1) is 12.9. The number of nitrogens with zero attached hydrogens (tertiary/aromatic N) is 2. The highest BCUT2D eigenvalue weighted by Crippen LogP contribution is 2.14. The Morgan fingerprint density at radius 2 is 1.67 bits per heavy atom. The van der Waals surface area contributed by atoms with Crippen LogP contribution in [-0.4, -0.2) is 57.4 Å². The molecule has 1 saturated heterocycles. The number of hydrogen-bond acceptors (Lipinski definition) is 4. The highest BCUT2D eigenvalue weighted by Gasteiger charge is 2.21. The molecule has 0 bridgehead atoms. The quantitative estimate of drug-likeness (QED) is 0.842. The molecule has 8 heteroatoms. The first-order valence-corrected chi connectivity index (χ1v) is 10.2. The Labute approximate surface area is 158 Å². The second kappa shape index (κ2) is 8.16. The van der Waals surface area contributed by atoms with Crippen LogP contribution in [0.3, 0.4) is 0 Å². The Morgan fingerprint density at radius 3 is 2.30 bits per heavy atom. The molecule has 1 amide bonds. The number of rotatable bonds is 5. The van der Waals surface area contributed by atoms with E-state index in [1.54, 1.807) is 17.0 Å². The molecular formula is C19H22FN3O3S. The van der Waals surface area contributed by atoms with Crippen molar-refractivity contribution in [3.63, 3.8) is 0 Å². The normalized spacial score (nSPS) is 15.7. The molecule has 144 valence electrons. The Hall–Kier alpha value is -2.29. The second-order valence-electron chi connectivity index (χ2n) is 6.54. The summed E-state index contributed by atoms with van der Waals surface area (Å²) in [6.07, 6.45) is 0. The molecule has 1 N–H and O–H groups in total. The molecule has 0 aliphatic carbocycles. The molecule has 0 saturated carbocycles. The van der Waals surface area contributed by atoms with E-state index in [1.807, 2.05) is 7.05 Å². The summed E-state index contributed by atoms with van der Waals surface area (Å²) in [6, 6.07) is 11.8. The summed E-state index contributed by atoms with van der Waals surface area (Å²) in [6.45, 7) is 2.80. The lowest BCUT2D eigenvalue weighted by molar-refractivity contribution is 0.0664. The molecule has 1 aliphatic rings. The van der Waals surface area contributed by atoms with Crippen molar-refractivity contribution in [3.8, 4) is 0 Å². The Kier molecular flexibility index (Phi) is 5.88. The van der Waals surface area contributed by atoms with Gasteiger partial charge in [0.25, 0.3) is 5.91 Å². The summed E-state index contributed by atoms with van der Waals surface area (Å²) in [5.41, 5.74) is 0.718. The maximum atomic E-state index is 13.6. The highest BCUT2D eigenvalue weighted by molar-refractivity contribution is 7.89. The lowest BCUT2D eigenvalue weighted by Crippen LogP contribution is -2.47. The minimum atomic E-state index is -3.80. The molecule has 6 nitrogen and oxygen atoms in total. The number of sulfonamides is 1. The van der Waals surface area contributed by atoms with Crippen LogP contribution in [0.5, 0.6) is 0 Å². The van der Waals surface area contributed by atoms with Gasteiger partial charge in [-0.1, -0.05) is 18.2 Å². The number of carbonyl (C=O) groups excluding carboxylic acids is 1. The number of piperazine rings is 1. The molecule has 2 aromatic carbocycles. The third kappa shape index (κ3) is 4.71. The number of benzene rings is 2. The van der Waals surface area contributed by atoms with Crippen LogP contribution in [0.15, 0.2) is 53.4 Å². The van der Waals surface area contributed by atoms with Crippen LogP contribution in [0.4, 0.5) is 4.39 Å². The molecule has 0 radical (unpaired) electrons. The number of likely N-dealkylation sites (N-methyl/N-ethyl adjacent to an activating group) is 1. The standard InChI is InChI=1S/C19H22FN3O3S/c1-22-10-12-23(13-11-22)19(24)15-6-8-17(9-7-15)27(25,26)21-14-16-4-2-3-5-18(16)20/h2-9,21H,10-14H2,1H3. The van der Waals surface area contributed by atoms with E-state index in [1.165, 1.54) is 36.4 Å². The smallest absolute Gasteiger partial charge is 0.253 e. The van der Waals surface area contributed by atoms with Crippen molar-refractivity contribution in [2.45, 2.75) is 11.4 Å². The zero-order chi connectivity index (χ0) is 19.4. The van der Waals surface area contributed by atoms with Crippen molar-refractivity contribution in [2.75, 3.05) is 33.2 Å².